The van der Waals surface area contributed by atoms with Gasteiger partial charge in [0.15, 0.2) is 6.10 Å². The van der Waals surface area contributed by atoms with Crippen molar-refractivity contribution in [2.45, 2.75) is 279 Å². The molecule has 0 amide bonds. The Labute approximate surface area is 355 Å². The van der Waals surface area contributed by atoms with Gasteiger partial charge in [-0.15, -0.1) is 0 Å². The summed E-state index contributed by atoms with van der Waals surface area (Å²) >= 11 is 0. The summed E-state index contributed by atoms with van der Waals surface area (Å²) < 4.78 is 16.8. The molecule has 338 valence electrons. The predicted octanol–water partition coefficient (Wildman–Crippen LogP) is 16.0. The third-order valence-electron chi connectivity index (χ3n) is 11.8. The standard InChI is InChI=1S/C51H98O6/c1-7-47(6)39-33-27-21-17-18-24-30-36-42-51(54)57-48(44-56-50(53)41-35-29-23-16-12-11-14-20-26-32-38-46(4)5)43-55-49(52)40-34-28-22-15-10-8-9-13-19-25-31-37-45(2)3/h45-48H,7-44H2,1-6H3/t47?,48-/m0/s1. The van der Waals surface area contributed by atoms with E-state index < -0.39 is 6.10 Å². The van der Waals surface area contributed by atoms with Gasteiger partial charge in [0.1, 0.15) is 13.2 Å². The molecule has 0 radical (unpaired) electrons. The molecule has 2 atom stereocenters. The van der Waals surface area contributed by atoms with Crippen LogP contribution in [0.4, 0.5) is 0 Å². The molecular formula is C51H98O6. The molecule has 57 heavy (non-hydrogen) atoms. The molecule has 1 unspecified atom stereocenters. The van der Waals surface area contributed by atoms with Gasteiger partial charge in [0.2, 0.25) is 0 Å². The monoisotopic (exact) mass is 807 g/mol. The van der Waals surface area contributed by atoms with Crippen molar-refractivity contribution in [2.75, 3.05) is 13.2 Å². The molecule has 0 aliphatic rings. The van der Waals surface area contributed by atoms with Crippen molar-refractivity contribution < 1.29 is 28.6 Å². The van der Waals surface area contributed by atoms with E-state index in [1.165, 1.54) is 154 Å². The highest BCUT2D eigenvalue weighted by Crippen LogP contribution is 2.18. The quantitative estimate of drug-likeness (QED) is 0.0347. The lowest BCUT2D eigenvalue weighted by molar-refractivity contribution is -0.167. The van der Waals surface area contributed by atoms with E-state index in [0.717, 1.165) is 75.5 Å². The Bertz CT molecular complexity index is 885. The van der Waals surface area contributed by atoms with Crippen LogP contribution in [0.1, 0.15) is 273 Å². The third-order valence-corrected chi connectivity index (χ3v) is 11.8. The maximum absolute atomic E-state index is 12.8. The maximum atomic E-state index is 12.8. The highest BCUT2D eigenvalue weighted by atomic mass is 16.6. The van der Waals surface area contributed by atoms with Gasteiger partial charge in [-0.05, 0) is 37.0 Å². The number of unbranched alkanes of at least 4 members (excludes halogenated alkanes) is 26. The maximum Gasteiger partial charge on any atom is 0.306 e. The van der Waals surface area contributed by atoms with Crippen molar-refractivity contribution in [3.63, 3.8) is 0 Å². The van der Waals surface area contributed by atoms with Crippen LogP contribution in [0.25, 0.3) is 0 Å². The van der Waals surface area contributed by atoms with Crippen LogP contribution in [0, 0.1) is 17.8 Å². The van der Waals surface area contributed by atoms with Crippen molar-refractivity contribution in [3.8, 4) is 0 Å². The van der Waals surface area contributed by atoms with E-state index in [9.17, 15) is 14.4 Å². The second kappa shape index (κ2) is 42.5. The Kier molecular flexibility index (Phi) is 41.3. The Morgan fingerprint density at radius 3 is 0.912 bits per heavy atom. The molecule has 0 fully saturated rings. The minimum Gasteiger partial charge on any atom is -0.462 e. The van der Waals surface area contributed by atoms with Crippen LogP contribution >= 0.6 is 0 Å². The van der Waals surface area contributed by atoms with Crippen LogP contribution in [0.3, 0.4) is 0 Å². The van der Waals surface area contributed by atoms with E-state index in [2.05, 4.69) is 41.5 Å². The Hall–Kier alpha value is -1.59. The number of ether oxygens (including phenoxy) is 3. The van der Waals surface area contributed by atoms with Crippen molar-refractivity contribution in [1.82, 2.24) is 0 Å². The molecule has 0 bridgehead atoms. The summed E-state index contributed by atoms with van der Waals surface area (Å²) in [6.45, 7) is 13.7. The van der Waals surface area contributed by atoms with Crippen LogP contribution < -0.4 is 0 Å². The van der Waals surface area contributed by atoms with Crippen LogP contribution in [0.5, 0.6) is 0 Å². The lowest BCUT2D eigenvalue weighted by Gasteiger charge is -2.18. The predicted molar refractivity (Wildman–Crippen MR) is 243 cm³/mol. The van der Waals surface area contributed by atoms with E-state index >= 15 is 0 Å². The molecular weight excluding hydrogens is 709 g/mol. The van der Waals surface area contributed by atoms with Gasteiger partial charge in [0, 0.05) is 19.3 Å². The molecule has 0 aromatic rings. The van der Waals surface area contributed by atoms with Crippen LogP contribution in [-0.2, 0) is 28.6 Å². The van der Waals surface area contributed by atoms with E-state index in [4.69, 9.17) is 14.2 Å². The zero-order valence-corrected chi connectivity index (χ0v) is 39.1. The zero-order chi connectivity index (χ0) is 42.0. The van der Waals surface area contributed by atoms with Crippen molar-refractivity contribution in [1.29, 1.82) is 0 Å². The van der Waals surface area contributed by atoms with Gasteiger partial charge < -0.3 is 14.2 Å². The zero-order valence-electron chi connectivity index (χ0n) is 39.1. The first kappa shape index (κ1) is 55.4. The molecule has 0 aromatic carbocycles. The number of rotatable bonds is 44. The van der Waals surface area contributed by atoms with Crippen LogP contribution in [0.2, 0.25) is 0 Å². The van der Waals surface area contributed by atoms with E-state index in [1.54, 1.807) is 0 Å². The summed E-state index contributed by atoms with van der Waals surface area (Å²) in [5, 5.41) is 0. The Balaban J connectivity index is 4.34. The van der Waals surface area contributed by atoms with Crippen LogP contribution in [-0.4, -0.2) is 37.2 Å². The van der Waals surface area contributed by atoms with Gasteiger partial charge in [-0.25, -0.2) is 0 Å². The highest BCUT2D eigenvalue weighted by Gasteiger charge is 2.19. The smallest absolute Gasteiger partial charge is 0.306 e. The molecule has 0 saturated heterocycles. The number of esters is 3. The molecule has 0 rings (SSSR count). The fraction of sp³-hybridized carbons (Fsp3) is 0.941. The summed E-state index contributed by atoms with van der Waals surface area (Å²) in [5.74, 6) is 1.63. The van der Waals surface area contributed by atoms with Crippen molar-refractivity contribution in [3.05, 3.63) is 0 Å². The normalized spacial score (nSPS) is 12.6. The second-order valence-electron chi connectivity index (χ2n) is 18.6. The summed E-state index contributed by atoms with van der Waals surface area (Å²) in [6, 6.07) is 0. The van der Waals surface area contributed by atoms with Crippen molar-refractivity contribution in [2.24, 2.45) is 17.8 Å². The molecule has 0 spiro atoms. The first-order valence-corrected chi connectivity index (χ1v) is 25.1. The molecule has 0 aliphatic carbocycles. The summed E-state index contributed by atoms with van der Waals surface area (Å²) in [4.78, 5) is 37.9. The van der Waals surface area contributed by atoms with E-state index in [-0.39, 0.29) is 31.1 Å². The second-order valence-corrected chi connectivity index (χ2v) is 18.6. The van der Waals surface area contributed by atoms with E-state index in [1.807, 2.05) is 0 Å². The average Bonchev–Trinajstić information content (AvgIpc) is 3.18. The lowest BCUT2D eigenvalue weighted by atomic mass is 9.99. The van der Waals surface area contributed by atoms with Gasteiger partial charge >= 0.3 is 17.9 Å². The van der Waals surface area contributed by atoms with Gasteiger partial charge in [0.25, 0.3) is 0 Å². The molecule has 0 aliphatic heterocycles. The number of hydrogen-bond acceptors (Lipinski definition) is 6. The fourth-order valence-corrected chi connectivity index (χ4v) is 7.55. The molecule has 6 nitrogen and oxygen atoms in total. The molecule has 0 N–H and O–H groups in total. The molecule has 6 heteroatoms. The Morgan fingerprint density at radius 2 is 0.614 bits per heavy atom. The summed E-state index contributed by atoms with van der Waals surface area (Å²) in [7, 11) is 0. The van der Waals surface area contributed by atoms with Crippen LogP contribution in [0.15, 0.2) is 0 Å². The van der Waals surface area contributed by atoms with Crippen molar-refractivity contribution >= 4 is 17.9 Å². The van der Waals surface area contributed by atoms with E-state index in [0.29, 0.717) is 19.3 Å². The summed E-state index contributed by atoms with van der Waals surface area (Å²) in [5.41, 5.74) is 0. The lowest BCUT2D eigenvalue weighted by Crippen LogP contribution is -2.30. The van der Waals surface area contributed by atoms with Gasteiger partial charge in [-0.2, -0.15) is 0 Å². The Morgan fingerprint density at radius 1 is 0.351 bits per heavy atom. The summed E-state index contributed by atoms with van der Waals surface area (Å²) in [6.07, 6.45) is 40.8. The SMILES string of the molecule is CCC(C)CCCCCCCCCCC(=O)O[C@@H](COC(=O)CCCCCCCCCCCCCC(C)C)COC(=O)CCCCCCCCCCCCC(C)C. The first-order valence-electron chi connectivity index (χ1n) is 25.1. The number of carbonyl (C=O) groups is 3. The minimum absolute atomic E-state index is 0.0654. The first-order chi connectivity index (χ1) is 27.6. The molecule has 0 aromatic heterocycles. The average molecular weight is 807 g/mol. The molecule has 0 saturated carbocycles. The molecule has 0 heterocycles. The highest BCUT2D eigenvalue weighted by molar-refractivity contribution is 5.71. The van der Waals surface area contributed by atoms with Gasteiger partial charge in [-0.1, -0.05) is 234 Å². The van der Waals surface area contributed by atoms with Gasteiger partial charge in [-0.3, -0.25) is 14.4 Å². The fourth-order valence-electron chi connectivity index (χ4n) is 7.55. The third kappa shape index (κ3) is 43.8. The topological polar surface area (TPSA) is 78.9 Å². The largest absolute Gasteiger partial charge is 0.462 e. The minimum atomic E-state index is -0.763. The number of carbonyl (C=O) groups excluding carboxylic acids is 3. The number of hydrogen-bond donors (Lipinski definition) is 0. The van der Waals surface area contributed by atoms with Gasteiger partial charge in [0.05, 0.1) is 0 Å².